The molecule has 4 heteroatoms. The van der Waals surface area contributed by atoms with Crippen LogP contribution in [0.2, 0.25) is 5.02 Å². The minimum absolute atomic E-state index is 0.151. The first kappa shape index (κ1) is 15.4. The highest BCUT2D eigenvalue weighted by molar-refractivity contribution is 6.31. The Labute approximate surface area is 125 Å². The van der Waals surface area contributed by atoms with Crippen LogP contribution in [0.1, 0.15) is 32.8 Å². The number of benzene rings is 1. The number of halogens is 1. The molecule has 0 aliphatic heterocycles. The lowest BCUT2D eigenvalue weighted by Crippen LogP contribution is -2.29. The van der Waals surface area contributed by atoms with Crippen LogP contribution in [-0.2, 0) is 6.54 Å². The molecule has 0 radical (unpaired) electrons. The molecule has 0 aliphatic rings. The second kappa shape index (κ2) is 6.17. The highest BCUT2D eigenvalue weighted by Gasteiger charge is 2.16. The molecule has 20 heavy (non-hydrogen) atoms. The first-order chi connectivity index (χ1) is 9.35. The summed E-state index contributed by atoms with van der Waals surface area (Å²) in [6.45, 7) is 7.76. The van der Waals surface area contributed by atoms with Crippen LogP contribution in [0.5, 0.6) is 0 Å². The SMILES string of the molecule is CC(C)(C)CC(O)CNCc1c[nH]c2cc(Cl)ccc12. The third-order valence-corrected chi connectivity index (χ3v) is 3.51. The van der Waals surface area contributed by atoms with Gasteiger partial charge in [-0.25, -0.2) is 0 Å². The van der Waals surface area contributed by atoms with Gasteiger partial charge in [0.15, 0.2) is 0 Å². The standard InChI is InChI=1S/C16H23ClN2O/c1-16(2,3)7-13(20)10-18-8-11-9-19-15-6-12(17)4-5-14(11)15/h4-6,9,13,18-20H,7-8,10H2,1-3H3. The van der Waals surface area contributed by atoms with Crippen molar-refractivity contribution in [3.8, 4) is 0 Å². The van der Waals surface area contributed by atoms with E-state index in [-0.39, 0.29) is 11.5 Å². The van der Waals surface area contributed by atoms with Gasteiger partial charge in [-0.2, -0.15) is 0 Å². The predicted octanol–water partition coefficient (Wildman–Crippen LogP) is 3.71. The number of aliphatic hydroxyl groups excluding tert-OH is 1. The normalized spacial score (nSPS) is 13.8. The van der Waals surface area contributed by atoms with Gasteiger partial charge in [0, 0.05) is 35.2 Å². The maximum atomic E-state index is 9.98. The zero-order valence-electron chi connectivity index (χ0n) is 12.3. The summed E-state index contributed by atoms with van der Waals surface area (Å²) in [4.78, 5) is 3.22. The van der Waals surface area contributed by atoms with Crippen molar-refractivity contribution in [2.45, 2.75) is 39.8 Å². The van der Waals surface area contributed by atoms with Gasteiger partial charge in [0.2, 0.25) is 0 Å². The summed E-state index contributed by atoms with van der Waals surface area (Å²) in [5.41, 5.74) is 2.39. The fourth-order valence-corrected chi connectivity index (χ4v) is 2.63. The Kier molecular flexibility index (Phi) is 4.74. The van der Waals surface area contributed by atoms with Crippen molar-refractivity contribution >= 4 is 22.5 Å². The van der Waals surface area contributed by atoms with Crippen molar-refractivity contribution in [1.82, 2.24) is 10.3 Å². The van der Waals surface area contributed by atoms with Crippen LogP contribution in [0.15, 0.2) is 24.4 Å². The quantitative estimate of drug-likeness (QED) is 0.787. The summed E-state index contributed by atoms with van der Waals surface area (Å²) in [6.07, 6.45) is 2.47. The van der Waals surface area contributed by atoms with Gasteiger partial charge in [0.25, 0.3) is 0 Å². The molecule has 3 N–H and O–H groups in total. The van der Waals surface area contributed by atoms with Crippen LogP contribution in [0.4, 0.5) is 0 Å². The third-order valence-electron chi connectivity index (χ3n) is 3.27. The molecule has 1 aromatic carbocycles. The molecule has 3 nitrogen and oxygen atoms in total. The summed E-state index contributed by atoms with van der Waals surface area (Å²) in [7, 11) is 0. The highest BCUT2D eigenvalue weighted by atomic mass is 35.5. The second-order valence-corrected chi connectivity index (χ2v) is 6.99. The molecular weight excluding hydrogens is 272 g/mol. The van der Waals surface area contributed by atoms with E-state index in [0.29, 0.717) is 6.54 Å². The van der Waals surface area contributed by atoms with E-state index < -0.39 is 0 Å². The van der Waals surface area contributed by atoms with E-state index in [2.05, 4.69) is 31.1 Å². The monoisotopic (exact) mass is 294 g/mol. The number of hydrogen-bond acceptors (Lipinski definition) is 2. The number of aromatic nitrogens is 1. The molecule has 110 valence electrons. The minimum Gasteiger partial charge on any atom is -0.392 e. The van der Waals surface area contributed by atoms with Gasteiger partial charge >= 0.3 is 0 Å². The van der Waals surface area contributed by atoms with Crippen molar-refractivity contribution in [1.29, 1.82) is 0 Å². The van der Waals surface area contributed by atoms with Crippen molar-refractivity contribution in [2.75, 3.05) is 6.54 Å². The Morgan fingerprint density at radius 1 is 1.35 bits per heavy atom. The Hall–Kier alpha value is -1.03. The van der Waals surface area contributed by atoms with Gasteiger partial charge in [-0.15, -0.1) is 0 Å². The van der Waals surface area contributed by atoms with Crippen LogP contribution in [0.25, 0.3) is 10.9 Å². The number of nitrogens with one attached hydrogen (secondary N) is 2. The number of H-pyrrole nitrogens is 1. The Bertz CT molecular complexity index is 571. The van der Waals surface area contributed by atoms with Gasteiger partial charge < -0.3 is 15.4 Å². The Balaban J connectivity index is 1.90. The zero-order valence-corrected chi connectivity index (χ0v) is 13.1. The molecule has 1 aromatic heterocycles. The lowest BCUT2D eigenvalue weighted by Gasteiger charge is -2.22. The topological polar surface area (TPSA) is 48.0 Å². The second-order valence-electron chi connectivity index (χ2n) is 6.55. The van der Waals surface area contributed by atoms with Gasteiger partial charge in [-0.05, 0) is 29.5 Å². The lowest BCUT2D eigenvalue weighted by atomic mass is 9.89. The van der Waals surface area contributed by atoms with Gasteiger partial charge in [0.05, 0.1) is 6.10 Å². The summed E-state index contributed by atoms with van der Waals surface area (Å²) < 4.78 is 0. The number of aromatic amines is 1. The van der Waals surface area contributed by atoms with E-state index in [9.17, 15) is 5.11 Å². The summed E-state index contributed by atoms with van der Waals surface area (Å²) in [6, 6.07) is 5.85. The fraction of sp³-hybridized carbons (Fsp3) is 0.500. The van der Waals surface area contributed by atoms with Crippen LogP contribution in [0.3, 0.4) is 0 Å². The van der Waals surface area contributed by atoms with E-state index >= 15 is 0 Å². The molecule has 0 saturated carbocycles. The molecule has 0 spiro atoms. The molecule has 0 fully saturated rings. The number of hydrogen-bond donors (Lipinski definition) is 3. The fourth-order valence-electron chi connectivity index (χ4n) is 2.46. The van der Waals surface area contributed by atoms with Crippen molar-refractivity contribution in [2.24, 2.45) is 5.41 Å². The van der Waals surface area contributed by atoms with E-state index in [1.807, 2.05) is 24.4 Å². The van der Waals surface area contributed by atoms with Crippen LogP contribution < -0.4 is 5.32 Å². The summed E-state index contributed by atoms with van der Waals surface area (Å²) in [5.74, 6) is 0. The molecule has 2 aromatic rings. The van der Waals surface area contributed by atoms with E-state index in [4.69, 9.17) is 11.6 Å². The number of rotatable bonds is 5. The molecule has 0 aliphatic carbocycles. The molecule has 0 saturated heterocycles. The first-order valence-electron chi connectivity index (χ1n) is 6.99. The molecule has 1 atom stereocenters. The molecular formula is C16H23ClN2O. The Morgan fingerprint density at radius 2 is 2.10 bits per heavy atom. The minimum atomic E-state index is -0.311. The smallest absolute Gasteiger partial charge is 0.0669 e. The van der Waals surface area contributed by atoms with E-state index in [1.54, 1.807) is 0 Å². The lowest BCUT2D eigenvalue weighted by molar-refractivity contribution is 0.119. The van der Waals surface area contributed by atoms with E-state index in [1.165, 1.54) is 10.9 Å². The molecule has 1 unspecified atom stereocenters. The van der Waals surface area contributed by atoms with Crippen LogP contribution in [0, 0.1) is 5.41 Å². The maximum absolute atomic E-state index is 9.98. The van der Waals surface area contributed by atoms with Crippen molar-refractivity contribution in [3.05, 3.63) is 35.0 Å². The van der Waals surface area contributed by atoms with Crippen LogP contribution >= 0.6 is 11.6 Å². The Morgan fingerprint density at radius 3 is 2.80 bits per heavy atom. The maximum Gasteiger partial charge on any atom is 0.0669 e. The summed E-state index contributed by atoms with van der Waals surface area (Å²) in [5, 5.41) is 15.2. The van der Waals surface area contributed by atoms with Gasteiger partial charge in [0.1, 0.15) is 0 Å². The largest absolute Gasteiger partial charge is 0.392 e. The molecule has 0 bridgehead atoms. The number of fused-ring (bicyclic) bond motifs is 1. The highest BCUT2D eigenvalue weighted by Crippen LogP contribution is 2.22. The molecule has 0 amide bonds. The number of aliphatic hydroxyl groups is 1. The van der Waals surface area contributed by atoms with Crippen molar-refractivity contribution < 1.29 is 5.11 Å². The third kappa shape index (κ3) is 4.23. The molecule has 2 rings (SSSR count). The van der Waals surface area contributed by atoms with Gasteiger partial charge in [-0.3, -0.25) is 0 Å². The van der Waals surface area contributed by atoms with Gasteiger partial charge in [-0.1, -0.05) is 38.4 Å². The van der Waals surface area contributed by atoms with E-state index in [0.717, 1.165) is 23.5 Å². The average molecular weight is 295 g/mol. The average Bonchev–Trinajstić information content (AvgIpc) is 2.69. The summed E-state index contributed by atoms with van der Waals surface area (Å²) >= 11 is 5.97. The predicted molar refractivity (Wildman–Crippen MR) is 85.1 cm³/mol. The first-order valence-corrected chi connectivity index (χ1v) is 7.37. The van der Waals surface area contributed by atoms with Crippen molar-refractivity contribution in [3.63, 3.8) is 0 Å². The zero-order chi connectivity index (χ0) is 14.8. The molecule has 1 heterocycles. The van der Waals surface area contributed by atoms with Crippen LogP contribution in [-0.4, -0.2) is 22.7 Å².